The van der Waals surface area contributed by atoms with E-state index in [4.69, 9.17) is 4.98 Å². The topological polar surface area (TPSA) is 61.8 Å². The van der Waals surface area contributed by atoms with Crippen LogP contribution in [0.25, 0.3) is 16.7 Å². The van der Waals surface area contributed by atoms with Crippen LogP contribution >= 0.6 is 0 Å². The van der Waals surface area contributed by atoms with Crippen LogP contribution in [0.2, 0.25) is 0 Å². The maximum Gasteiger partial charge on any atom is 0.159 e. The smallest absolute Gasteiger partial charge is 0.159 e. The first-order valence-corrected chi connectivity index (χ1v) is 9.16. The third kappa shape index (κ3) is 3.40. The van der Waals surface area contributed by atoms with E-state index in [-0.39, 0.29) is 5.76 Å². The van der Waals surface area contributed by atoms with Gasteiger partial charge in [0.1, 0.15) is 5.82 Å². The lowest BCUT2D eigenvalue weighted by Gasteiger charge is -2.11. The van der Waals surface area contributed by atoms with Crippen molar-refractivity contribution >= 4 is 16.7 Å². The molecule has 1 heterocycles. The highest BCUT2D eigenvalue weighted by Crippen LogP contribution is 2.24. The number of aliphatic hydroxyl groups excluding tert-OH is 1. The number of aliphatic hydroxyl groups is 1. The highest BCUT2D eigenvalue weighted by molar-refractivity contribution is 5.82. The zero-order chi connectivity index (χ0) is 19.5. The van der Waals surface area contributed by atoms with Crippen LogP contribution in [0.4, 0.5) is 0 Å². The lowest BCUT2D eigenvalue weighted by Crippen LogP contribution is -2.05. The minimum Gasteiger partial charge on any atom is -0.501 e. The minimum absolute atomic E-state index is 0.0931. The quantitative estimate of drug-likeness (QED) is 0.661. The summed E-state index contributed by atoms with van der Waals surface area (Å²) in [7, 11) is 0. The summed E-state index contributed by atoms with van der Waals surface area (Å²) < 4.78 is 2.10. The van der Waals surface area contributed by atoms with Gasteiger partial charge in [-0.2, -0.15) is 5.26 Å². The normalized spacial score (nSPS) is 13.1. The monoisotopic (exact) mass is 365 g/mol. The van der Waals surface area contributed by atoms with E-state index in [0.29, 0.717) is 12.0 Å². The summed E-state index contributed by atoms with van der Waals surface area (Å²) in [6.45, 7) is 1.99. The molecule has 136 valence electrons. The number of fused-ring (bicyclic) bond motifs is 1. The van der Waals surface area contributed by atoms with Crippen molar-refractivity contribution in [1.82, 2.24) is 9.55 Å². The first-order valence-electron chi connectivity index (χ1n) is 9.16. The van der Waals surface area contributed by atoms with Crippen molar-refractivity contribution in [3.05, 3.63) is 101 Å². The SMILES string of the molecule is Cc1ccc(CCc2nc3ccccc3n2C2=CC=C=C(O)C=C2)c(C#N)c1. The zero-order valence-corrected chi connectivity index (χ0v) is 15.6. The largest absolute Gasteiger partial charge is 0.501 e. The van der Waals surface area contributed by atoms with Gasteiger partial charge in [0.2, 0.25) is 0 Å². The minimum atomic E-state index is 0.0931. The molecule has 0 amide bonds. The maximum atomic E-state index is 9.72. The van der Waals surface area contributed by atoms with E-state index in [0.717, 1.165) is 40.1 Å². The molecule has 2 aromatic carbocycles. The number of hydrogen-bond donors (Lipinski definition) is 1. The molecule has 0 saturated heterocycles. The molecule has 1 aliphatic carbocycles. The molecule has 0 unspecified atom stereocenters. The number of para-hydroxylation sites is 2. The van der Waals surface area contributed by atoms with Gasteiger partial charge in [0.25, 0.3) is 0 Å². The van der Waals surface area contributed by atoms with Gasteiger partial charge in [-0.05, 0) is 67.0 Å². The molecule has 0 atom stereocenters. The molecule has 1 aromatic heterocycles. The molecule has 28 heavy (non-hydrogen) atoms. The van der Waals surface area contributed by atoms with Crippen LogP contribution < -0.4 is 0 Å². The van der Waals surface area contributed by atoms with Crippen molar-refractivity contribution in [3.63, 3.8) is 0 Å². The molecule has 3 aromatic rings. The number of rotatable bonds is 4. The second-order valence-corrected chi connectivity index (χ2v) is 6.75. The molecule has 0 radical (unpaired) electrons. The van der Waals surface area contributed by atoms with E-state index >= 15 is 0 Å². The van der Waals surface area contributed by atoms with Gasteiger partial charge in [-0.3, -0.25) is 4.57 Å². The van der Waals surface area contributed by atoms with Gasteiger partial charge in [0.05, 0.1) is 22.7 Å². The van der Waals surface area contributed by atoms with Gasteiger partial charge in [-0.1, -0.05) is 30.0 Å². The van der Waals surface area contributed by atoms with Crippen LogP contribution in [-0.2, 0) is 12.8 Å². The number of benzene rings is 2. The van der Waals surface area contributed by atoms with Crippen molar-refractivity contribution in [3.8, 4) is 6.07 Å². The summed E-state index contributed by atoms with van der Waals surface area (Å²) in [5, 5.41) is 19.2. The summed E-state index contributed by atoms with van der Waals surface area (Å²) in [6.07, 6.45) is 8.52. The maximum absolute atomic E-state index is 9.72. The lowest BCUT2D eigenvalue weighted by atomic mass is 10.0. The Morgan fingerprint density at radius 3 is 2.86 bits per heavy atom. The Kier molecular flexibility index (Phi) is 4.68. The van der Waals surface area contributed by atoms with Gasteiger partial charge in [-0.25, -0.2) is 4.98 Å². The molecular formula is C24H19N3O. The average Bonchev–Trinajstić information content (AvgIpc) is 2.94. The number of nitriles is 1. The Balaban J connectivity index is 1.74. The van der Waals surface area contributed by atoms with Crippen LogP contribution in [0.5, 0.6) is 0 Å². The van der Waals surface area contributed by atoms with Gasteiger partial charge < -0.3 is 5.11 Å². The van der Waals surface area contributed by atoms with Crippen molar-refractivity contribution < 1.29 is 5.11 Å². The summed E-state index contributed by atoms with van der Waals surface area (Å²) in [4.78, 5) is 4.83. The fourth-order valence-electron chi connectivity index (χ4n) is 3.42. The Labute approximate surface area is 163 Å². The summed E-state index contributed by atoms with van der Waals surface area (Å²) in [6, 6.07) is 16.3. The van der Waals surface area contributed by atoms with Crippen molar-refractivity contribution in [2.75, 3.05) is 0 Å². The van der Waals surface area contributed by atoms with Crippen molar-refractivity contribution in [2.45, 2.75) is 19.8 Å². The number of imidazole rings is 1. The number of nitrogens with zero attached hydrogens (tertiary/aromatic N) is 3. The second kappa shape index (κ2) is 7.44. The van der Waals surface area contributed by atoms with Crippen LogP contribution in [-0.4, -0.2) is 14.7 Å². The Bertz CT molecular complexity index is 1230. The third-order valence-corrected chi connectivity index (χ3v) is 4.79. The molecule has 0 aliphatic heterocycles. The molecule has 0 bridgehead atoms. The van der Waals surface area contributed by atoms with Crippen molar-refractivity contribution in [2.24, 2.45) is 0 Å². The third-order valence-electron chi connectivity index (χ3n) is 4.79. The fraction of sp³-hybridized carbons (Fsp3) is 0.125. The van der Waals surface area contributed by atoms with E-state index in [1.807, 2.05) is 61.5 Å². The fourth-order valence-corrected chi connectivity index (χ4v) is 3.42. The average molecular weight is 365 g/mol. The predicted molar refractivity (Wildman–Crippen MR) is 111 cm³/mol. The first-order chi connectivity index (χ1) is 13.7. The second-order valence-electron chi connectivity index (χ2n) is 6.75. The lowest BCUT2D eigenvalue weighted by molar-refractivity contribution is 0.434. The molecule has 0 saturated carbocycles. The number of hydrogen-bond acceptors (Lipinski definition) is 3. The number of allylic oxidation sites excluding steroid dienone is 4. The predicted octanol–water partition coefficient (Wildman–Crippen LogP) is 5.01. The molecule has 1 aliphatic rings. The van der Waals surface area contributed by atoms with Crippen LogP contribution in [0.1, 0.15) is 22.5 Å². The van der Waals surface area contributed by atoms with Crippen LogP contribution in [0.3, 0.4) is 0 Å². The van der Waals surface area contributed by atoms with Gasteiger partial charge in [0.15, 0.2) is 5.76 Å². The molecule has 0 fully saturated rings. The van der Waals surface area contributed by atoms with E-state index in [1.54, 1.807) is 12.2 Å². The molecular weight excluding hydrogens is 346 g/mol. The standard InChI is InChI=1S/C24H19N3O/c1-17-9-10-18(19(15-17)16-25)11-14-24-26-22-7-2-3-8-23(22)27(24)20-5-4-6-21(28)13-12-20/h2-5,7-10,12-13,15,28H,11,14H2,1H3. The summed E-state index contributed by atoms with van der Waals surface area (Å²) in [5.74, 6) is 1.01. The van der Waals surface area contributed by atoms with Crippen LogP contribution in [0.15, 0.2) is 78.3 Å². The molecule has 1 N–H and O–H groups in total. The molecule has 0 spiro atoms. The number of aryl methyl sites for hydroxylation is 3. The van der Waals surface area contributed by atoms with E-state index in [2.05, 4.69) is 16.4 Å². The van der Waals surface area contributed by atoms with Crippen molar-refractivity contribution in [1.29, 1.82) is 5.26 Å². The molecule has 4 nitrogen and oxygen atoms in total. The molecule has 4 heteroatoms. The van der Waals surface area contributed by atoms with Crippen LogP contribution in [0, 0.1) is 18.3 Å². The van der Waals surface area contributed by atoms with Gasteiger partial charge >= 0.3 is 0 Å². The van der Waals surface area contributed by atoms with Gasteiger partial charge in [0, 0.05) is 12.1 Å². The van der Waals surface area contributed by atoms with E-state index < -0.39 is 0 Å². The van der Waals surface area contributed by atoms with E-state index in [9.17, 15) is 10.4 Å². The first kappa shape index (κ1) is 17.6. The summed E-state index contributed by atoms with van der Waals surface area (Å²) in [5.41, 5.74) is 8.45. The molecule has 4 rings (SSSR count). The highest BCUT2D eigenvalue weighted by atomic mass is 16.3. The van der Waals surface area contributed by atoms with Gasteiger partial charge in [-0.15, -0.1) is 0 Å². The Morgan fingerprint density at radius 2 is 2.00 bits per heavy atom. The summed E-state index contributed by atoms with van der Waals surface area (Å²) >= 11 is 0. The Hall–Kier alpha value is -3.80. The Morgan fingerprint density at radius 1 is 1.14 bits per heavy atom. The van der Waals surface area contributed by atoms with E-state index in [1.165, 1.54) is 0 Å². The highest BCUT2D eigenvalue weighted by Gasteiger charge is 2.14. The zero-order valence-electron chi connectivity index (χ0n) is 15.6. The number of aromatic nitrogens is 2.